The van der Waals surface area contributed by atoms with Gasteiger partial charge in [0, 0.05) is 28.3 Å². The Bertz CT molecular complexity index is 1230. The molecule has 0 radical (unpaired) electrons. The van der Waals surface area contributed by atoms with Gasteiger partial charge in [-0.1, -0.05) is 28.9 Å². The molecule has 0 saturated carbocycles. The van der Waals surface area contributed by atoms with E-state index in [0.717, 1.165) is 33.7 Å². The predicted molar refractivity (Wildman–Crippen MR) is 122 cm³/mol. The average molecular weight is 451 g/mol. The molecule has 2 aliphatic rings. The highest BCUT2D eigenvalue weighted by Gasteiger charge is 2.42. The summed E-state index contributed by atoms with van der Waals surface area (Å²) in [6, 6.07) is 13.3. The van der Waals surface area contributed by atoms with Crippen LogP contribution in [0.3, 0.4) is 0 Å². The first kappa shape index (κ1) is 20.6. The first-order valence-electron chi connectivity index (χ1n) is 10.5. The molecule has 3 aromatic rings. The van der Waals surface area contributed by atoms with E-state index in [1.165, 1.54) is 0 Å². The van der Waals surface area contributed by atoms with Crippen LogP contribution in [-0.4, -0.2) is 25.2 Å². The molecule has 6 nitrogen and oxygen atoms in total. The zero-order valence-electron chi connectivity index (χ0n) is 18.1. The van der Waals surface area contributed by atoms with E-state index in [0.29, 0.717) is 35.2 Å². The van der Waals surface area contributed by atoms with Crippen LogP contribution in [0.15, 0.2) is 58.3 Å². The van der Waals surface area contributed by atoms with Crippen molar-refractivity contribution in [3.8, 4) is 11.5 Å². The summed E-state index contributed by atoms with van der Waals surface area (Å²) in [5.41, 5.74) is 5.13. The lowest BCUT2D eigenvalue weighted by Gasteiger charge is -2.35. The Labute approximate surface area is 191 Å². The van der Waals surface area contributed by atoms with Crippen molar-refractivity contribution in [2.45, 2.75) is 31.6 Å². The number of carbonyl (C=O) groups is 1. The predicted octanol–water partition coefficient (Wildman–Crippen LogP) is 5.61. The number of methoxy groups -OCH3 is 2. The number of benzene rings is 2. The van der Waals surface area contributed by atoms with Crippen LogP contribution in [0.5, 0.6) is 11.5 Å². The van der Waals surface area contributed by atoms with E-state index in [1.54, 1.807) is 14.2 Å². The quantitative estimate of drug-likeness (QED) is 0.556. The number of halogens is 1. The molecule has 0 saturated heterocycles. The van der Waals surface area contributed by atoms with Gasteiger partial charge in [0.2, 0.25) is 5.88 Å². The number of rotatable bonds is 4. The number of nitrogens with zero attached hydrogens (tertiary/aromatic N) is 1. The first-order chi connectivity index (χ1) is 15.5. The van der Waals surface area contributed by atoms with Gasteiger partial charge in [-0.05, 0) is 55.2 Å². The van der Waals surface area contributed by atoms with Crippen molar-refractivity contribution in [2.24, 2.45) is 0 Å². The lowest BCUT2D eigenvalue weighted by Crippen LogP contribution is -2.29. The number of carbonyl (C=O) groups excluding carboxylic acids is 1. The van der Waals surface area contributed by atoms with Gasteiger partial charge in [0.1, 0.15) is 11.5 Å². The Hall–Kier alpha value is -3.25. The van der Waals surface area contributed by atoms with Crippen molar-refractivity contribution >= 4 is 23.3 Å². The maximum absolute atomic E-state index is 13.6. The van der Waals surface area contributed by atoms with Crippen LogP contribution < -0.4 is 14.8 Å². The summed E-state index contributed by atoms with van der Waals surface area (Å²) in [5, 5.41) is 8.22. The zero-order valence-corrected chi connectivity index (χ0v) is 18.8. The summed E-state index contributed by atoms with van der Waals surface area (Å²) in [5.74, 6) is 1.75. The van der Waals surface area contributed by atoms with Gasteiger partial charge in [-0.3, -0.25) is 4.79 Å². The maximum atomic E-state index is 13.6. The second-order valence-electron chi connectivity index (χ2n) is 8.15. The molecule has 1 aromatic heterocycles. The molecule has 0 amide bonds. The summed E-state index contributed by atoms with van der Waals surface area (Å²) in [6.07, 6.45) is 1.11. The third-order valence-corrected chi connectivity index (χ3v) is 6.60. The molecule has 0 unspecified atom stereocenters. The lowest BCUT2D eigenvalue weighted by atomic mass is 9.72. The number of aromatic nitrogens is 1. The van der Waals surface area contributed by atoms with Gasteiger partial charge in [0.25, 0.3) is 0 Å². The molecule has 1 N–H and O–H groups in total. The second kappa shape index (κ2) is 8.02. The molecule has 1 aliphatic carbocycles. The molecular weight excluding hydrogens is 428 g/mol. The highest BCUT2D eigenvalue weighted by molar-refractivity contribution is 6.30. The van der Waals surface area contributed by atoms with E-state index in [1.807, 2.05) is 49.4 Å². The largest absolute Gasteiger partial charge is 0.497 e. The fourth-order valence-electron chi connectivity index (χ4n) is 4.82. The molecule has 32 heavy (non-hydrogen) atoms. The molecule has 2 heterocycles. The van der Waals surface area contributed by atoms with Crippen LogP contribution >= 0.6 is 11.6 Å². The van der Waals surface area contributed by atoms with Gasteiger partial charge >= 0.3 is 0 Å². The van der Waals surface area contributed by atoms with E-state index in [9.17, 15) is 4.79 Å². The number of nitrogens with one attached hydrogen (secondary N) is 1. The van der Waals surface area contributed by atoms with Crippen LogP contribution in [0.4, 0.5) is 5.88 Å². The molecule has 164 valence electrons. The van der Waals surface area contributed by atoms with Crippen molar-refractivity contribution in [2.75, 3.05) is 19.5 Å². The van der Waals surface area contributed by atoms with Gasteiger partial charge in [0.15, 0.2) is 5.78 Å². The van der Waals surface area contributed by atoms with Crippen molar-refractivity contribution in [1.29, 1.82) is 0 Å². The van der Waals surface area contributed by atoms with Gasteiger partial charge in [0.05, 0.1) is 31.4 Å². The standard InChI is InChI=1S/C25H23ClN2O4/c1-13-22-23(18-12-17(30-2)8-9-21(18)31-3)24-19(27-25(22)32-28-13)10-15(11-20(24)29)14-4-6-16(26)7-5-14/h4-9,12,15,23,27H,10-11H2,1-3H3/t15-,23+/m0/s1. The topological polar surface area (TPSA) is 73.6 Å². The van der Waals surface area contributed by atoms with E-state index < -0.39 is 0 Å². The van der Waals surface area contributed by atoms with Crippen LogP contribution in [0.25, 0.3) is 0 Å². The monoisotopic (exact) mass is 450 g/mol. The van der Waals surface area contributed by atoms with Crippen LogP contribution in [0.2, 0.25) is 5.02 Å². The van der Waals surface area contributed by atoms with Crippen LogP contribution in [-0.2, 0) is 4.79 Å². The van der Waals surface area contributed by atoms with E-state index in [-0.39, 0.29) is 17.6 Å². The Morgan fingerprint density at radius 1 is 1.09 bits per heavy atom. The fourth-order valence-corrected chi connectivity index (χ4v) is 4.95. The molecule has 5 rings (SSSR count). The second-order valence-corrected chi connectivity index (χ2v) is 8.59. The average Bonchev–Trinajstić information content (AvgIpc) is 3.17. The highest BCUT2D eigenvalue weighted by atomic mass is 35.5. The molecule has 0 bridgehead atoms. The number of hydrogen-bond donors (Lipinski definition) is 1. The Balaban J connectivity index is 1.65. The Morgan fingerprint density at radius 3 is 2.59 bits per heavy atom. The van der Waals surface area contributed by atoms with Crippen LogP contribution in [0, 0.1) is 6.92 Å². The van der Waals surface area contributed by atoms with Gasteiger partial charge in [-0.25, -0.2) is 0 Å². The molecule has 0 fully saturated rings. The van der Waals surface area contributed by atoms with E-state index >= 15 is 0 Å². The zero-order chi connectivity index (χ0) is 22.4. The summed E-state index contributed by atoms with van der Waals surface area (Å²) in [7, 11) is 3.25. The fraction of sp³-hybridized carbons (Fsp3) is 0.280. The van der Waals surface area contributed by atoms with Crippen molar-refractivity contribution in [3.05, 3.63) is 81.1 Å². The Kier molecular flexibility index (Phi) is 5.18. The minimum absolute atomic E-state index is 0.0597. The third kappa shape index (κ3) is 3.35. The minimum Gasteiger partial charge on any atom is -0.497 e. The minimum atomic E-state index is -0.351. The number of aryl methyl sites for hydroxylation is 1. The molecule has 0 spiro atoms. The van der Waals surface area contributed by atoms with E-state index in [2.05, 4.69) is 10.5 Å². The van der Waals surface area contributed by atoms with Crippen molar-refractivity contribution in [1.82, 2.24) is 5.16 Å². The molecular formula is C25H23ClN2O4. The maximum Gasteiger partial charge on any atom is 0.233 e. The van der Waals surface area contributed by atoms with E-state index in [4.69, 9.17) is 25.6 Å². The smallest absolute Gasteiger partial charge is 0.233 e. The normalized spacial score (nSPS) is 19.8. The van der Waals surface area contributed by atoms with Gasteiger partial charge in [-0.2, -0.15) is 0 Å². The van der Waals surface area contributed by atoms with Crippen molar-refractivity contribution in [3.63, 3.8) is 0 Å². The molecule has 2 atom stereocenters. The highest BCUT2D eigenvalue weighted by Crippen LogP contribution is 2.51. The lowest BCUT2D eigenvalue weighted by molar-refractivity contribution is -0.116. The SMILES string of the molecule is COc1ccc(OC)c([C@H]2C3=C(C[C@H](c4ccc(Cl)cc4)CC3=O)Nc3onc(C)c32)c1. The molecule has 7 heteroatoms. The Morgan fingerprint density at radius 2 is 1.88 bits per heavy atom. The third-order valence-electron chi connectivity index (χ3n) is 6.35. The number of hydrogen-bond acceptors (Lipinski definition) is 6. The molecule has 1 aliphatic heterocycles. The van der Waals surface area contributed by atoms with Gasteiger partial charge < -0.3 is 19.3 Å². The number of ketones is 1. The van der Waals surface area contributed by atoms with Crippen LogP contribution in [0.1, 0.15) is 47.1 Å². The van der Waals surface area contributed by atoms with Gasteiger partial charge in [-0.15, -0.1) is 0 Å². The summed E-state index contributed by atoms with van der Waals surface area (Å²) in [4.78, 5) is 13.6. The number of anilines is 1. The first-order valence-corrected chi connectivity index (χ1v) is 10.8. The number of ether oxygens (including phenoxy) is 2. The number of fused-ring (bicyclic) bond motifs is 1. The summed E-state index contributed by atoms with van der Waals surface area (Å²) < 4.78 is 16.8. The summed E-state index contributed by atoms with van der Waals surface area (Å²) >= 11 is 6.06. The number of Topliss-reactive ketones (excluding diaryl/α,β-unsaturated/α-hetero) is 1. The summed E-state index contributed by atoms with van der Waals surface area (Å²) in [6.45, 7) is 1.89. The number of allylic oxidation sites excluding steroid dienone is 2. The van der Waals surface area contributed by atoms with Crippen molar-refractivity contribution < 1.29 is 18.8 Å². The molecule has 2 aromatic carbocycles.